The molecule has 0 spiro atoms. The fourth-order valence-corrected chi connectivity index (χ4v) is 3.68. The van der Waals surface area contributed by atoms with Crippen LogP contribution in [-0.4, -0.2) is 44.2 Å². The summed E-state index contributed by atoms with van der Waals surface area (Å²) in [6.45, 7) is 0.322. The second-order valence-corrected chi connectivity index (χ2v) is 7.29. The third kappa shape index (κ3) is 4.95. The number of nitrogens with two attached hydrogens (primary N) is 1. The molecule has 3 N–H and O–H groups in total. The molecule has 158 valence electrons. The van der Waals surface area contributed by atoms with E-state index in [-0.39, 0.29) is 35.9 Å². The average molecular weight is 448 g/mol. The number of amidine groups is 1. The summed E-state index contributed by atoms with van der Waals surface area (Å²) in [4.78, 5) is 26.9. The lowest BCUT2D eigenvalue weighted by Gasteiger charge is -2.17. The number of halogens is 1. The van der Waals surface area contributed by atoms with Gasteiger partial charge in [-0.2, -0.15) is 0 Å². The molecule has 3 rings (SSSR count). The van der Waals surface area contributed by atoms with Gasteiger partial charge in [-0.15, -0.1) is 24.2 Å². The molecule has 7 nitrogen and oxygen atoms in total. The molecule has 0 atom stereocenters. The zero-order valence-corrected chi connectivity index (χ0v) is 18.1. The fourth-order valence-electron chi connectivity index (χ4n) is 2.95. The zero-order valence-electron chi connectivity index (χ0n) is 16.5. The summed E-state index contributed by atoms with van der Waals surface area (Å²) in [5, 5.41) is 7.48. The number of esters is 1. The highest BCUT2D eigenvalue weighted by molar-refractivity contribution is 8.00. The van der Waals surface area contributed by atoms with E-state index >= 15 is 0 Å². The maximum Gasteiger partial charge on any atom is 0.315 e. The molecular formula is C21H22ClN3O4S. The number of amides is 1. The number of methoxy groups -OCH3 is 2. The van der Waals surface area contributed by atoms with Crippen molar-refractivity contribution in [3.05, 3.63) is 65.4 Å². The first-order valence-corrected chi connectivity index (χ1v) is 9.76. The van der Waals surface area contributed by atoms with Crippen molar-refractivity contribution < 1.29 is 19.1 Å². The van der Waals surface area contributed by atoms with Crippen molar-refractivity contribution in [3.63, 3.8) is 0 Å². The van der Waals surface area contributed by atoms with Crippen molar-refractivity contribution in [2.24, 2.45) is 5.73 Å². The Morgan fingerprint density at radius 3 is 2.30 bits per heavy atom. The molecule has 30 heavy (non-hydrogen) atoms. The minimum Gasteiger partial charge on any atom is -0.498 e. The second-order valence-electron chi connectivity index (χ2n) is 6.24. The molecule has 1 amide bonds. The Bertz CT molecular complexity index is 975. The Balaban J connectivity index is 0.00000320. The monoisotopic (exact) mass is 447 g/mol. The van der Waals surface area contributed by atoms with Crippen LogP contribution < -0.4 is 10.6 Å². The Kier molecular flexibility index (Phi) is 7.91. The lowest BCUT2D eigenvalue weighted by atomic mass is 10.1. The molecule has 2 aromatic rings. The molecule has 1 heterocycles. The summed E-state index contributed by atoms with van der Waals surface area (Å²) in [5.74, 6) is 0.338. The Hall–Kier alpha value is -2.97. The molecular weight excluding hydrogens is 426 g/mol. The zero-order chi connectivity index (χ0) is 21.0. The summed E-state index contributed by atoms with van der Waals surface area (Å²) in [7, 11) is 2.90. The Labute approximate surface area is 185 Å². The highest BCUT2D eigenvalue weighted by Crippen LogP contribution is 2.33. The third-order valence-corrected chi connectivity index (χ3v) is 5.49. The van der Waals surface area contributed by atoms with Crippen LogP contribution in [0.5, 0.6) is 0 Å². The second kappa shape index (κ2) is 10.2. The van der Waals surface area contributed by atoms with Crippen LogP contribution in [0.2, 0.25) is 0 Å². The van der Waals surface area contributed by atoms with Gasteiger partial charge in [0.2, 0.25) is 0 Å². The minimum atomic E-state index is -0.291. The molecule has 9 heteroatoms. The quantitative estimate of drug-likeness (QED) is 0.292. The van der Waals surface area contributed by atoms with Gasteiger partial charge in [0.25, 0.3) is 5.91 Å². The standard InChI is InChI=1S/C21H21N3O4S.ClH/c1-27-17-11-24(15-7-3-14(4-8-15)20(22)23)21(26)19(17)13-5-9-16(10-6-13)29-12-18(25)28-2;/h3-10H,11-12H2,1-2H3,(H3,22,23);1H. The van der Waals surface area contributed by atoms with Gasteiger partial charge in [-0.1, -0.05) is 12.1 Å². The van der Waals surface area contributed by atoms with Crippen LogP contribution in [0.1, 0.15) is 11.1 Å². The molecule has 0 unspecified atom stereocenters. The molecule has 0 radical (unpaired) electrons. The fraction of sp³-hybridized carbons (Fsp3) is 0.190. The van der Waals surface area contributed by atoms with Crippen LogP contribution in [0.25, 0.3) is 5.57 Å². The van der Waals surface area contributed by atoms with Crippen molar-refractivity contribution in [1.29, 1.82) is 5.41 Å². The van der Waals surface area contributed by atoms with Gasteiger partial charge in [0, 0.05) is 16.1 Å². The summed E-state index contributed by atoms with van der Waals surface area (Å²) >= 11 is 1.37. The number of hydrogen-bond donors (Lipinski definition) is 2. The number of carbonyl (C=O) groups is 2. The first-order chi connectivity index (χ1) is 13.9. The third-order valence-electron chi connectivity index (χ3n) is 4.50. The first kappa shape index (κ1) is 23.3. The maximum atomic E-state index is 13.1. The summed E-state index contributed by atoms with van der Waals surface area (Å²) in [6.07, 6.45) is 0. The number of carbonyl (C=O) groups excluding carboxylic acids is 2. The van der Waals surface area contributed by atoms with Crippen molar-refractivity contribution in [2.45, 2.75) is 4.90 Å². The van der Waals surface area contributed by atoms with E-state index in [1.54, 1.807) is 36.3 Å². The number of nitrogen functional groups attached to an aromatic ring is 1. The SMILES string of the molecule is COC(=O)CSc1ccc(C2=C(OC)CN(c3ccc(C(=N)N)cc3)C2=O)cc1.Cl. The Morgan fingerprint density at radius 2 is 1.77 bits per heavy atom. The van der Waals surface area contributed by atoms with Crippen molar-refractivity contribution >= 4 is 53.1 Å². The molecule has 0 aliphatic carbocycles. The topological polar surface area (TPSA) is 106 Å². The normalized spacial score (nSPS) is 13.1. The van der Waals surface area contributed by atoms with E-state index in [9.17, 15) is 9.59 Å². The molecule has 2 aromatic carbocycles. The summed E-state index contributed by atoms with van der Waals surface area (Å²) in [6, 6.07) is 14.4. The number of benzene rings is 2. The van der Waals surface area contributed by atoms with Crippen LogP contribution >= 0.6 is 24.2 Å². The van der Waals surface area contributed by atoms with E-state index in [0.29, 0.717) is 29.1 Å². The molecule has 0 bridgehead atoms. The van der Waals surface area contributed by atoms with Gasteiger partial charge in [0.05, 0.1) is 32.1 Å². The van der Waals surface area contributed by atoms with Gasteiger partial charge in [-0.3, -0.25) is 15.0 Å². The number of anilines is 1. The number of rotatable bonds is 7. The molecule has 0 aromatic heterocycles. The minimum absolute atomic E-state index is 0. The van der Waals surface area contributed by atoms with E-state index in [1.807, 2.05) is 24.3 Å². The van der Waals surface area contributed by atoms with Crippen LogP contribution in [0.3, 0.4) is 0 Å². The van der Waals surface area contributed by atoms with Gasteiger partial charge in [-0.25, -0.2) is 0 Å². The predicted octanol–water partition coefficient (Wildman–Crippen LogP) is 3.06. The molecule has 1 aliphatic heterocycles. The molecule has 0 fully saturated rings. The first-order valence-electron chi connectivity index (χ1n) is 8.78. The average Bonchev–Trinajstić information content (AvgIpc) is 3.08. The van der Waals surface area contributed by atoms with Crippen LogP contribution in [0.4, 0.5) is 5.69 Å². The number of thioether (sulfide) groups is 1. The van der Waals surface area contributed by atoms with Crippen molar-refractivity contribution in [2.75, 3.05) is 31.4 Å². The van der Waals surface area contributed by atoms with Crippen LogP contribution in [0, 0.1) is 5.41 Å². The lowest BCUT2D eigenvalue weighted by molar-refractivity contribution is -0.137. The van der Waals surface area contributed by atoms with Crippen LogP contribution in [0.15, 0.2) is 59.2 Å². The van der Waals surface area contributed by atoms with E-state index in [0.717, 1.165) is 10.5 Å². The molecule has 1 aliphatic rings. The maximum absolute atomic E-state index is 13.1. The molecule has 0 saturated carbocycles. The van der Waals surface area contributed by atoms with E-state index in [1.165, 1.54) is 18.9 Å². The van der Waals surface area contributed by atoms with E-state index < -0.39 is 0 Å². The van der Waals surface area contributed by atoms with Gasteiger partial charge in [0.1, 0.15) is 11.6 Å². The van der Waals surface area contributed by atoms with Gasteiger partial charge < -0.3 is 20.1 Å². The Morgan fingerprint density at radius 1 is 1.13 bits per heavy atom. The van der Waals surface area contributed by atoms with E-state index in [4.69, 9.17) is 15.9 Å². The number of nitrogens with zero attached hydrogens (tertiary/aromatic N) is 1. The number of nitrogens with one attached hydrogen (secondary N) is 1. The largest absolute Gasteiger partial charge is 0.498 e. The smallest absolute Gasteiger partial charge is 0.315 e. The van der Waals surface area contributed by atoms with Crippen molar-refractivity contribution in [3.8, 4) is 0 Å². The number of ether oxygens (including phenoxy) is 2. The number of hydrogen-bond acceptors (Lipinski definition) is 6. The predicted molar refractivity (Wildman–Crippen MR) is 120 cm³/mol. The highest BCUT2D eigenvalue weighted by atomic mass is 35.5. The van der Waals surface area contributed by atoms with Gasteiger partial charge in [0.15, 0.2) is 0 Å². The van der Waals surface area contributed by atoms with Crippen molar-refractivity contribution in [1.82, 2.24) is 0 Å². The molecule has 0 saturated heterocycles. The summed E-state index contributed by atoms with van der Waals surface area (Å²) < 4.78 is 10.1. The summed E-state index contributed by atoms with van der Waals surface area (Å²) in [5.41, 5.74) is 8.05. The van der Waals surface area contributed by atoms with Gasteiger partial charge in [-0.05, 0) is 42.0 Å². The highest BCUT2D eigenvalue weighted by Gasteiger charge is 2.33. The lowest BCUT2D eigenvalue weighted by Crippen LogP contribution is -2.26. The van der Waals surface area contributed by atoms with Crippen LogP contribution in [-0.2, 0) is 19.1 Å². The van der Waals surface area contributed by atoms with E-state index in [2.05, 4.69) is 4.74 Å². The van der Waals surface area contributed by atoms with Gasteiger partial charge >= 0.3 is 5.97 Å².